The summed E-state index contributed by atoms with van der Waals surface area (Å²) in [5.41, 5.74) is -0.407. The van der Waals surface area contributed by atoms with Gasteiger partial charge in [0.1, 0.15) is 11.5 Å². The van der Waals surface area contributed by atoms with E-state index in [0.717, 1.165) is 5.56 Å². The molecule has 106 valence electrons. The van der Waals surface area contributed by atoms with Gasteiger partial charge in [-0.15, -0.1) is 0 Å². The maximum atomic E-state index is 11.5. The molecule has 2 N–H and O–H groups in total. The smallest absolute Gasteiger partial charge is 0.314 e. The fourth-order valence-corrected chi connectivity index (χ4v) is 2.15. The lowest BCUT2D eigenvalue weighted by Gasteiger charge is -2.25. The summed E-state index contributed by atoms with van der Waals surface area (Å²) in [4.78, 5) is 11.5. The molecule has 0 amide bonds. The Morgan fingerprint density at radius 3 is 2.10 bits per heavy atom. The minimum Gasteiger partial charge on any atom is -0.481 e. The molecule has 0 saturated heterocycles. The number of carboxylic acid groups (broad SMARTS) is 1. The van der Waals surface area contributed by atoms with Gasteiger partial charge < -0.3 is 10.2 Å². The van der Waals surface area contributed by atoms with Crippen molar-refractivity contribution < 1.29 is 15.0 Å². The summed E-state index contributed by atoms with van der Waals surface area (Å²) < 4.78 is 0. The molecule has 2 aromatic rings. The molecule has 0 saturated carbocycles. The van der Waals surface area contributed by atoms with Crippen LogP contribution >= 0.6 is 0 Å². The highest BCUT2D eigenvalue weighted by atomic mass is 16.4. The first kappa shape index (κ1) is 14.8. The summed E-state index contributed by atoms with van der Waals surface area (Å²) in [7, 11) is 0. The van der Waals surface area contributed by atoms with Crippen LogP contribution in [0.15, 0.2) is 60.7 Å². The first-order valence-corrected chi connectivity index (χ1v) is 6.59. The predicted octanol–water partition coefficient (Wildman–Crippen LogP) is 2.66. The molecule has 3 nitrogen and oxygen atoms in total. The van der Waals surface area contributed by atoms with Crippen LogP contribution in [-0.2, 0) is 4.79 Å². The molecule has 0 aromatic heterocycles. The van der Waals surface area contributed by atoms with E-state index in [0.29, 0.717) is 5.56 Å². The van der Waals surface area contributed by atoms with Crippen LogP contribution < -0.4 is 0 Å². The summed E-state index contributed by atoms with van der Waals surface area (Å²) in [6.07, 6.45) is 0. The van der Waals surface area contributed by atoms with Gasteiger partial charge in [0, 0.05) is 5.56 Å². The molecule has 2 atom stereocenters. The molecule has 0 radical (unpaired) electrons. The van der Waals surface area contributed by atoms with Crippen molar-refractivity contribution in [2.24, 2.45) is 0 Å². The summed E-state index contributed by atoms with van der Waals surface area (Å²) in [6, 6.07) is 17.8. The largest absolute Gasteiger partial charge is 0.481 e. The van der Waals surface area contributed by atoms with Crippen molar-refractivity contribution >= 4 is 5.97 Å². The van der Waals surface area contributed by atoms with Crippen LogP contribution in [0.2, 0.25) is 0 Å². The molecule has 0 spiro atoms. The number of hydrogen-bond acceptors (Lipinski definition) is 2. The molecule has 0 fully saturated rings. The molecule has 0 bridgehead atoms. The second kappa shape index (κ2) is 6.25. The van der Waals surface area contributed by atoms with Crippen LogP contribution in [0.1, 0.15) is 24.0 Å². The Morgan fingerprint density at radius 1 is 1.05 bits per heavy atom. The third kappa shape index (κ3) is 3.71. The Balaban J connectivity index is 2.36. The molecular formula is C18H16O3. The van der Waals surface area contributed by atoms with Gasteiger partial charge in [0.15, 0.2) is 0 Å². The normalized spacial score (nSPS) is 14.4. The van der Waals surface area contributed by atoms with E-state index in [2.05, 4.69) is 11.8 Å². The van der Waals surface area contributed by atoms with E-state index in [1.54, 1.807) is 42.5 Å². The van der Waals surface area contributed by atoms with Crippen molar-refractivity contribution in [1.29, 1.82) is 0 Å². The number of aliphatic carboxylic acids is 1. The van der Waals surface area contributed by atoms with Gasteiger partial charge in [0.2, 0.25) is 0 Å². The first-order valence-electron chi connectivity index (χ1n) is 6.59. The summed E-state index contributed by atoms with van der Waals surface area (Å²) in [6.45, 7) is 1.43. The highest BCUT2D eigenvalue weighted by molar-refractivity contribution is 5.78. The van der Waals surface area contributed by atoms with Crippen LogP contribution in [0, 0.1) is 11.8 Å². The van der Waals surface area contributed by atoms with Gasteiger partial charge in [-0.25, -0.2) is 0 Å². The fourth-order valence-electron chi connectivity index (χ4n) is 2.15. The number of carbonyl (C=O) groups is 1. The molecular weight excluding hydrogens is 264 g/mol. The zero-order valence-electron chi connectivity index (χ0n) is 11.7. The fraction of sp³-hybridized carbons (Fsp3) is 0.167. The Morgan fingerprint density at radius 2 is 1.57 bits per heavy atom. The Hall–Kier alpha value is -2.57. The van der Waals surface area contributed by atoms with Gasteiger partial charge in [-0.1, -0.05) is 60.4 Å². The van der Waals surface area contributed by atoms with E-state index in [4.69, 9.17) is 0 Å². The average Bonchev–Trinajstić information content (AvgIpc) is 2.47. The van der Waals surface area contributed by atoms with Crippen molar-refractivity contribution in [3.63, 3.8) is 0 Å². The van der Waals surface area contributed by atoms with Crippen molar-refractivity contribution in [1.82, 2.24) is 0 Å². The van der Waals surface area contributed by atoms with E-state index in [1.165, 1.54) is 6.92 Å². The van der Waals surface area contributed by atoms with Crippen molar-refractivity contribution in [2.45, 2.75) is 18.4 Å². The van der Waals surface area contributed by atoms with Crippen LogP contribution in [0.25, 0.3) is 0 Å². The van der Waals surface area contributed by atoms with E-state index < -0.39 is 17.5 Å². The molecule has 0 heterocycles. The van der Waals surface area contributed by atoms with E-state index in [9.17, 15) is 15.0 Å². The minimum absolute atomic E-state index is 0.525. The van der Waals surface area contributed by atoms with E-state index >= 15 is 0 Å². The van der Waals surface area contributed by atoms with E-state index in [-0.39, 0.29) is 0 Å². The van der Waals surface area contributed by atoms with Gasteiger partial charge in [0.05, 0.1) is 0 Å². The molecule has 0 aliphatic carbocycles. The van der Waals surface area contributed by atoms with Gasteiger partial charge in [-0.3, -0.25) is 4.79 Å². The third-order valence-electron chi connectivity index (χ3n) is 3.18. The number of rotatable bonds is 3. The minimum atomic E-state index is -1.66. The second-order valence-corrected chi connectivity index (χ2v) is 4.95. The zero-order chi connectivity index (χ0) is 15.3. The summed E-state index contributed by atoms with van der Waals surface area (Å²) >= 11 is 0. The zero-order valence-corrected chi connectivity index (χ0v) is 11.7. The highest BCUT2D eigenvalue weighted by Gasteiger charge is 2.37. The molecule has 0 aliphatic rings. The van der Waals surface area contributed by atoms with Gasteiger partial charge in [0.25, 0.3) is 0 Å². The van der Waals surface area contributed by atoms with Crippen LogP contribution in [0.4, 0.5) is 0 Å². The number of hydrogen-bond donors (Lipinski definition) is 2. The monoisotopic (exact) mass is 280 g/mol. The lowest BCUT2D eigenvalue weighted by atomic mass is 9.83. The molecule has 21 heavy (non-hydrogen) atoms. The Labute approximate surface area is 123 Å². The van der Waals surface area contributed by atoms with E-state index in [1.807, 2.05) is 18.2 Å². The highest BCUT2D eigenvalue weighted by Crippen LogP contribution is 2.28. The van der Waals surface area contributed by atoms with Crippen molar-refractivity contribution in [3.05, 3.63) is 71.8 Å². The number of benzene rings is 2. The standard InChI is InChI=1S/C18H16O3/c1-18(21,13-12-14-8-4-2-5-9-14)16(17(19)20)15-10-6-3-7-11-15/h2-11,16,21H,1H3,(H,19,20). The summed E-state index contributed by atoms with van der Waals surface area (Å²) in [5, 5.41) is 19.9. The quantitative estimate of drug-likeness (QED) is 0.850. The summed E-state index contributed by atoms with van der Waals surface area (Å²) in [5.74, 6) is 3.30. The van der Waals surface area contributed by atoms with Crippen LogP contribution in [-0.4, -0.2) is 21.8 Å². The van der Waals surface area contributed by atoms with Gasteiger partial charge in [-0.05, 0) is 24.6 Å². The SMILES string of the molecule is CC(O)(C#Cc1ccccc1)C(C(=O)O)c1ccccc1. The lowest BCUT2D eigenvalue weighted by molar-refractivity contribution is -0.143. The molecule has 0 aliphatic heterocycles. The third-order valence-corrected chi connectivity index (χ3v) is 3.18. The Bertz CT molecular complexity index is 664. The Kier molecular flexibility index (Phi) is 4.42. The second-order valence-electron chi connectivity index (χ2n) is 4.95. The first-order chi connectivity index (χ1) is 10.0. The van der Waals surface area contributed by atoms with Gasteiger partial charge >= 0.3 is 5.97 Å². The van der Waals surface area contributed by atoms with Crippen LogP contribution in [0.3, 0.4) is 0 Å². The maximum absolute atomic E-state index is 11.5. The molecule has 2 rings (SSSR count). The molecule has 2 aromatic carbocycles. The number of aliphatic hydroxyl groups is 1. The van der Waals surface area contributed by atoms with Crippen molar-refractivity contribution in [2.75, 3.05) is 0 Å². The topological polar surface area (TPSA) is 57.5 Å². The lowest BCUT2D eigenvalue weighted by Crippen LogP contribution is -2.36. The van der Waals surface area contributed by atoms with Crippen molar-refractivity contribution in [3.8, 4) is 11.8 Å². The molecule has 2 unspecified atom stereocenters. The van der Waals surface area contributed by atoms with Gasteiger partial charge in [-0.2, -0.15) is 0 Å². The van der Waals surface area contributed by atoms with Crippen LogP contribution in [0.5, 0.6) is 0 Å². The predicted molar refractivity (Wildman–Crippen MR) is 80.8 cm³/mol. The molecule has 3 heteroatoms. The average molecular weight is 280 g/mol. The number of carboxylic acids is 1. The maximum Gasteiger partial charge on any atom is 0.314 e.